The van der Waals surface area contributed by atoms with Gasteiger partial charge < -0.3 is 10.4 Å². The van der Waals surface area contributed by atoms with Crippen LogP contribution in [0.5, 0.6) is 0 Å². The molecule has 1 amide bonds. The average molecular weight is 554 g/mol. The molecule has 0 unspecified atom stereocenters. The van der Waals surface area contributed by atoms with E-state index >= 15 is 0 Å². The van der Waals surface area contributed by atoms with Gasteiger partial charge in [-0.25, -0.2) is 4.98 Å². The van der Waals surface area contributed by atoms with E-state index in [0.717, 1.165) is 70.2 Å². The number of benzene rings is 3. The van der Waals surface area contributed by atoms with Crippen LogP contribution >= 0.6 is 11.6 Å². The molecule has 0 fully saturated rings. The molecule has 0 spiro atoms. The molecule has 0 radical (unpaired) electrons. The largest absolute Gasteiger partial charge is 0.394 e. The Labute approximate surface area is 240 Å². The van der Waals surface area contributed by atoms with E-state index in [0.29, 0.717) is 11.6 Å². The summed E-state index contributed by atoms with van der Waals surface area (Å²) in [6, 6.07) is 27.7. The molecule has 206 valence electrons. The topological polar surface area (TPSA) is 66.6 Å². The summed E-state index contributed by atoms with van der Waals surface area (Å²) in [5.41, 5.74) is 6.98. The second kappa shape index (κ2) is 12.7. The number of amides is 1. The van der Waals surface area contributed by atoms with E-state index in [9.17, 15) is 9.90 Å². The summed E-state index contributed by atoms with van der Waals surface area (Å²) >= 11 is 6.65. The van der Waals surface area contributed by atoms with Crippen molar-refractivity contribution in [2.75, 3.05) is 6.61 Å². The Bertz CT molecular complexity index is 1600. The van der Waals surface area contributed by atoms with Crippen LogP contribution in [0, 0.1) is 6.92 Å². The van der Waals surface area contributed by atoms with Gasteiger partial charge in [-0.1, -0.05) is 111 Å². The standard InChI is InChI=1S/C34H36ClN3O2/c1-3-4-6-13-27(34(40)37-30(22-39)26-11-7-5-8-12-26)25-18-16-24(17-19-25)21-29-28-14-9-10-15-31(28)38-32(35)20-23(2)36-33(29)38/h5,7-12,14-20,27,30,39H,3-4,6,13,21-22H2,1-2H3,(H,37,40)/t27-,30-/m0/s1. The fourth-order valence-corrected chi connectivity index (χ4v) is 5.88. The summed E-state index contributed by atoms with van der Waals surface area (Å²) in [4.78, 5) is 18.4. The number of carbonyl (C=O) groups is 1. The first-order chi connectivity index (χ1) is 19.5. The lowest BCUT2D eigenvalue weighted by Gasteiger charge is -2.22. The van der Waals surface area contributed by atoms with Gasteiger partial charge in [0, 0.05) is 23.1 Å². The first-order valence-electron chi connectivity index (χ1n) is 14.1. The van der Waals surface area contributed by atoms with Crippen LogP contribution in [0.15, 0.2) is 84.9 Å². The minimum atomic E-state index is -0.430. The predicted octanol–water partition coefficient (Wildman–Crippen LogP) is 7.55. The number of rotatable bonds is 11. The van der Waals surface area contributed by atoms with Gasteiger partial charge in [0.2, 0.25) is 5.91 Å². The normalized spacial score (nSPS) is 13.0. The monoisotopic (exact) mass is 553 g/mol. The van der Waals surface area contributed by atoms with Gasteiger partial charge in [0.15, 0.2) is 0 Å². The Morgan fingerprint density at radius 1 is 0.975 bits per heavy atom. The quantitative estimate of drug-likeness (QED) is 0.131. The van der Waals surface area contributed by atoms with E-state index in [-0.39, 0.29) is 18.4 Å². The first-order valence-corrected chi connectivity index (χ1v) is 14.5. The molecular formula is C34H36ClN3O2. The van der Waals surface area contributed by atoms with Gasteiger partial charge in [-0.2, -0.15) is 0 Å². The van der Waals surface area contributed by atoms with Crippen molar-refractivity contribution in [2.45, 2.75) is 57.9 Å². The highest BCUT2D eigenvalue weighted by Gasteiger charge is 2.24. The molecule has 0 aliphatic heterocycles. The number of aliphatic hydroxyl groups excluding tert-OH is 1. The van der Waals surface area contributed by atoms with Crippen LogP contribution in [0.1, 0.15) is 72.5 Å². The molecule has 0 saturated carbocycles. The number of hydrogen-bond donors (Lipinski definition) is 2. The molecule has 0 saturated heterocycles. The lowest BCUT2D eigenvalue weighted by molar-refractivity contribution is -0.123. The first kappa shape index (κ1) is 27.9. The fraction of sp³-hybridized carbons (Fsp3) is 0.294. The Balaban J connectivity index is 1.42. The number of fused-ring (bicyclic) bond motifs is 3. The lowest BCUT2D eigenvalue weighted by Crippen LogP contribution is -2.34. The van der Waals surface area contributed by atoms with Gasteiger partial charge in [0.05, 0.1) is 24.1 Å². The molecule has 3 aromatic carbocycles. The third-order valence-corrected chi connectivity index (χ3v) is 7.93. The summed E-state index contributed by atoms with van der Waals surface area (Å²) in [6.45, 7) is 3.98. The van der Waals surface area contributed by atoms with Crippen LogP contribution in [0.2, 0.25) is 5.15 Å². The predicted molar refractivity (Wildman–Crippen MR) is 163 cm³/mol. The van der Waals surface area contributed by atoms with Crippen molar-refractivity contribution in [3.05, 3.63) is 118 Å². The Morgan fingerprint density at radius 2 is 1.70 bits per heavy atom. The molecule has 6 heteroatoms. The molecule has 0 aliphatic rings. The number of unbranched alkanes of at least 4 members (excludes halogenated alkanes) is 2. The summed E-state index contributed by atoms with van der Waals surface area (Å²) < 4.78 is 2.02. The van der Waals surface area contributed by atoms with Crippen LogP contribution in [0.3, 0.4) is 0 Å². The van der Waals surface area contributed by atoms with Gasteiger partial charge in [-0.15, -0.1) is 0 Å². The highest BCUT2D eigenvalue weighted by molar-refractivity contribution is 6.30. The Hall–Kier alpha value is -3.67. The summed E-state index contributed by atoms with van der Waals surface area (Å²) in [6.07, 6.45) is 4.61. The smallest absolute Gasteiger partial charge is 0.228 e. The van der Waals surface area contributed by atoms with Crippen LogP contribution in [-0.2, 0) is 11.2 Å². The lowest BCUT2D eigenvalue weighted by atomic mass is 9.90. The number of aryl methyl sites for hydroxylation is 1. The maximum Gasteiger partial charge on any atom is 0.228 e. The summed E-state index contributed by atoms with van der Waals surface area (Å²) in [7, 11) is 0. The zero-order valence-corrected chi connectivity index (χ0v) is 23.9. The SMILES string of the molecule is CCCCC[C@H](C(=O)N[C@@H](CO)c1ccccc1)c1ccc(Cc2c3ccccc3n3c(Cl)cc(C)nc23)cc1. The van der Waals surface area contributed by atoms with Crippen LogP contribution in [0.4, 0.5) is 0 Å². The van der Waals surface area contributed by atoms with Gasteiger partial charge in [0.1, 0.15) is 10.8 Å². The molecule has 2 atom stereocenters. The van der Waals surface area contributed by atoms with Crippen molar-refractivity contribution in [1.29, 1.82) is 0 Å². The van der Waals surface area contributed by atoms with Crippen LogP contribution in [-0.4, -0.2) is 27.0 Å². The van der Waals surface area contributed by atoms with E-state index in [2.05, 4.69) is 48.6 Å². The van der Waals surface area contributed by atoms with Crippen molar-refractivity contribution in [3.8, 4) is 0 Å². The number of nitrogens with zero attached hydrogens (tertiary/aromatic N) is 2. The van der Waals surface area contributed by atoms with Crippen molar-refractivity contribution in [1.82, 2.24) is 14.7 Å². The maximum absolute atomic E-state index is 13.5. The number of hydrogen-bond acceptors (Lipinski definition) is 3. The Morgan fingerprint density at radius 3 is 2.42 bits per heavy atom. The highest BCUT2D eigenvalue weighted by atomic mass is 35.5. The number of halogens is 1. The molecule has 2 N–H and O–H groups in total. The highest BCUT2D eigenvalue weighted by Crippen LogP contribution is 2.32. The second-order valence-corrected chi connectivity index (χ2v) is 10.9. The molecule has 0 bridgehead atoms. The molecule has 5 aromatic rings. The minimum absolute atomic E-state index is 0.0505. The van der Waals surface area contributed by atoms with Crippen molar-refractivity contribution >= 4 is 34.1 Å². The van der Waals surface area contributed by atoms with E-state index in [1.807, 2.05) is 59.9 Å². The van der Waals surface area contributed by atoms with E-state index in [1.54, 1.807) is 0 Å². The van der Waals surface area contributed by atoms with Crippen molar-refractivity contribution < 1.29 is 9.90 Å². The fourth-order valence-electron chi connectivity index (χ4n) is 5.55. The summed E-state index contributed by atoms with van der Waals surface area (Å²) in [5.74, 6) is -0.330. The van der Waals surface area contributed by atoms with Crippen LogP contribution in [0.25, 0.3) is 16.6 Å². The van der Waals surface area contributed by atoms with Gasteiger partial charge in [0.25, 0.3) is 0 Å². The third kappa shape index (κ3) is 5.91. The van der Waals surface area contributed by atoms with E-state index in [1.165, 1.54) is 0 Å². The molecular weight excluding hydrogens is 518 g/mol. The zero-order chi connectivity index (χ0) is 28.1. The van der Waals surface area contributed by atoms with Gasteiger partial charge in [-0.3, -0.25) is 9.20 Å². The van der Waals surface area contributed by atoms with Crippen LogP contribution < -0.4 is 5.32 Å². The van der Waals surface area contributed by atoms with Crippen molar-refractivity contribution in [3.63, 3.8) is 0 Å². The number of nitrogens with one attached hydrogen (secondary N) is 1. The minimum Gasteiger partial charge on any atom is -0.394 e. The number of aliphatic hydroxyl groups is 1. The maximum atomic E-state index is 13.5. The molecule has 2 aromatic heterocycles. The zero-order valence-electron chi connectivity index (χ0n) is 23.1. The van der Waals surface area contributed by atoms with E-state index < -0.39 is 6.04 Å². The molecule has 5 nitrogen and oxygen atoms in total. The Kier molecular flexibility index (Phi) is 8.83. The number of carbonyl (C=O) groups excluding carboxylic acids is 1. The van der Waals surface area contributed by atoms with E-state index in [4.69, 9.17) is 16.6 Å². The second-order valence-electron chi connectivity index (χ2n) is 10.5. The van der Waals surface area contributed by atoms with Crippen molar-refractivity contribution in [2.24, 2.45) is 0 Å². The molecule has 40 heavy (non-hydrogen) atoms. The molecule has 5 rings (SSSR count). The number of aromatic nitrogens is 2. The molecule has 2 heterocycles. The van der Waals surface area contributed by atoms with Gasteiger partial charge in [-0.05, 0) is 42.2 Å². The molecule has 0 aliphatic carbocycles. The average Bonchev–Trinajstić information content (AvgIpc) is 3.28. The summed E-state index contributed by atoms with van der Waals surface area (Å²) in [5, 5.41) is 14.9. The third-order valence-electron chi connectivity index (χ3n) is 7.65. The number of para-hydroxylation sites is 1. The van der Waals surface area contributed by atoms with Gasteiger partial charge >= 0.3 is 0 Å².